The molecule has 0 aliphatic heterocycles. The normalized spacial score (nSPS) is 13.9. The van der Waals surface area contributed by atoms with E-state index in [9.17, 15) is 18.0 Å². The first-order valence-corrected chi connectivity index (χ1v) is 4.39. The Morgan fingerprint density at radius 1 is 1.60 bits per heavy atom. The van der Waals surface area contributed by atoms with Crippen LogP contribution in [0.2, 0.25) is 0 Å². The molecule has 0 aliphatic rings. The monoisotopic (exact) mass is 221 g/mol. The maximum Gasteiger partial charge on any atom is 0.456 e. The van der Waals surface area contributed by atoms with E-state index in [0.29, 0.717) is 6.42 Å². The van der Waals surface area contributed by atoms with Gasteiger partial charge < -0.3 is 0 Å². The number of halogens is 3. The third-order valence-corrected chi connectivity index (χ3v) is 2.04. The molecule has 0 bridgehead atoms. The van der Waals surface area contributed by atoms with E-state index in [1.807, 2.05) is 6.92 Å². The van der Waals surface area contributed by atoms with Gasteiger partial charge in [0.15, 0.2) is 5.69 Å². The van der Waals surface area contributed by atoms with Crippen molar-refractivity contribution in [2.75, 3.05) is 0 Å². The van der Waals surface area contributed by atoms with Crippen LogP contribution < -0.4 is 0 Å². The van der Waals surface area contributed by atoms with Crippen LogP contribution >= 0.6 is 0 Å². The summed E-state index contributed by atoms with van der Waals surface area (Å²) in [4.78, 5) is 10.7. The summed E-state index contributed by atoms with van der Waals surface area (Å²) in [6.45, 7) is 3.63. The van der Waals surface area contributed by atoms with Crippen molar-refractivity contribution in [2.45, 2.75) is 32.5 Å². The van der Waals surface area contributed by atoms with Crippen molar-refractivity contribution in [3.63, 3.8) is 0 Å². The lowest BCUT2D eigenvalue weighted by atomic mass is 10.2. The topological polar surface area (TPSA) is 47.8 Å². The Kier molecular flexibility index (Phi) is 3.11. The molecule has 1 rings (SSSR count). The van der Waals surface area contributed by atoms with Crippen molar-refractivity contribution in [3.8, 4) is 0 Å². The zero-order chi connectivity index (χ0) is 11.6. The number of nitrogens with zero attached hydrogens (tertiary/aromatic N) is 3. The maximum absolute atomic E-state index is 12.0. The van der Waals surface area contributed by atoms with Crippen LogP contribution in [0.1, 0.15) is 36.8 Å². The summed E-state index contributed by atoms with van der Waals surface area (Å²) in [5.74, 6) is -1.96. The maximum atomic E-state index is 12.0. The molecule has 1 unspecified atom stereocenters. The fraction of sp³-hybridized carbons (Fsp3) is 0.625. The molecule has 4 nitrogen and oxygen atoms in total. The molecule has 1 aromatic rings. The Morgan fingerprint density at radius 3 is 2.67 bits per heavy atom. The molecule has 1 atom stereocenters. The average Bonchev–Trinajstić information content (AvgIpc) is 2.62. The quantitative estimate of drug-likeness (QED) is 0.733. The molecule has 1 aromatic heterocycles. The Labute approximate surface area is 84.1 Å². The number of rotatable bonds is 3. The Bertz CT molecular complexity index is 358. The minimum Gasteiger partial charge on any atom is -0.282 e. The van der Waals surface area contributed by atoms with Gasteiger partial charge in [0.25, 0.3) is 5.78 Å². The highest BCUT2D eigenvalue weighted by atomic mass is 19.4. The van der Waals surface area contributed by atoms with E-state index in [0.717, 1.165) is 6.20 Å². The van der Waals surface area contributed by atoms with E-state index >= 15 is 0 Å². The second-order valence-electron chi connectivity index (χ2n) is 3.17. The summed E-state index contributed by atoms with van der Waals surface area (Å²) in [6, 6.07) is -0.0766. The first-order valence-electron chi connectivity index (χ1n) is 4.39. The van der Waals surface area contributed by atoms with Crippen LogP contribution in [0.3, 0.4) is 0 Å². The summed E-state index contributed by atoms with van der Waals surface area (Å²) < 4.78 is 37.3. The van der Waals surface area contributed by atoms with Gasteiger partial charge >= 0.3 is 6.18 Å². The van der Waals surface area contributed by atoms with Crippen LogP contribution in [0, 0.1) is 0 Å². The van der Waals surface area contributed by atoms with Gasteiger partial charge in [0.1, 0.15) is 0 Å². The van der Waals surface area contributed by atoms with E-state index in [1.165, 1.54) is 4.68 Å². The van der Waals surface area contributed by atoms with Crippen molar-refractivity contribution >= 4 is 5.78 Å². The van der Waals surface area contributed by atoms with Crippen molar-refractivity contribution in [1.82, 2.24) is 15.0 Å². The summed E-state index contributed by atoms with van der Waals surface area (Å²) in [5, 5.41) is 6.66. The van der Waals surface area contributed by atoms with Crippen LogP contribution in [-0.2, 0) is 0 Å². The summed E-state index contributed by atoms with van der Waals surface area (Å²) in [6.07, 6.45) is -3.18. The summed E-state index contributed by atoms with van der Waals surface area (Å²) in [5.41, 5.74) is -0.664. The van der Waals surface area contributed by atoms with Gasteiger partial charge in [-0.25, -0.2) is 4.68 Å². The Hall–Kier alpha value is -1.40. The highest BCUT2D eigenvalue weighted by molar-refractivity contribution is 5.98. The number of Topliss-reactive ketones (excluding diaryl/α,β-unsaturated/α-hetero) is 1. The lowest BCUT2D eigenvalue weighted by molar-refractivity contribution is -0.0888. The number of hydrogen-bond donors (Lipinski definition) is 0. The Balaban J connectivity index is 2.90. The third-order valence-electron chi connectivity index (χ3n) is 2.04. The van der Waals surface area contributed by atoms with Crippen molar-refractivity contribution in [3.05, 3.63) is 11.9 Å². The largest absolute Gasteiger partial charge is 0.456 e. The van der Waals surface area contributed by atoms with E-state index in [2.05, 4.69) is 10.3 Å². The van der Waals surface area contributed by atoms with Crippen LogP contribution in [0.25, 0.3) is 0 Å². The highest BCUT2D eigenvalue weighted by Crippen LogP contribution is 2.20. The first kappa shape index (κ1) is 11.7. The zero-order valence-corrected chi connectivity index (χ0v) is 8.25. The van der Waals surface area contributed by atoms with Gasteiger partial charge in [0.2, 0.25) is 0 Å². The Morgan fingerprint density at radius 2 is 2.20 bits per heavy atom. The lowest BCUT2D eigenvalue weighted by Gasteiger charge is -2.06. The molecule has 15 heavy (non-hydrogen) atoms. The molecule has 0 radical (unpaired) electrons. The molecule has 0 saturated carbocycles. The standard InChI is InChI=1S/C8H10F3N3O/c1-3-5(2)14-4-6(12-13-14)7(15)8(9,10)11/h4-5H,3H2,1-2H3. The van der Waals surface area contributed by atoms with E-state index in [4.69, 9.17) is 0 Å². The smallest absolute Gasteiger partial charge is 0.282 e. The molecule has 84 valence electrons. The van der Waals surface area contributed by atoms with Gasteiger partial charge in [-0.15, -0.1) is 5.10 Å². The summed E-state index contributed by atoms with van der Waals surface area (Å²) in [7, 11) is 0. The van der Waals surface area contributed by atoms with Gasteiger partial charge in [-0.05, 0) is 13.3 Å². The zero-order valence-electron chi connectivity index (χ0n) is 8.25. The second-order valence-corrected chi connectivity index (χ2v) is 3.17. The molecule has 1 heterocycles. The summed E-state index contributed by atoms with van der Waals surface area (Å²) >= 11 is 0. The van der Waals surface area contributed by atoms with Crippen LogP contribution in [-0.4, -0.2) is 27.0 Å². The molecule has 0 spiro atoms. The number of alkyl halides is 3. The van der Waals surface area contributed by atoms with Gasteiger partial charge in [0.05, 0.1) is 12.2 Å². The third kappa shape index (κ3) is 2.54. The van der Waals surface area contributed by atoms with Crippen LogP contribution in [0.5, 0.6) is 0 Å². The predicted octanol–water partition coefficient (Wildman–Crippen LogP) is 1.99. The fourth-order valence-corrected chi connectivity index (χ4v) is 0.928. The number of ketones is 1. The average molecular weight is 221 g/mol. The highest BCUT2D eigenvalue weighted by Gasteiger charge is 2.41. The van der Waals surface area contributed by atoms with E-state index < -0.39 is 17.7 Å². The molecule has 0 amide bonds. The fourth-order valence-electron chi connectivity index (χ4n) is 0.928. The van der Waals surface area contributed by atoms with E-state index in [1.54, 1.807) is 6.92 Å². The number of hydrogen-bond acceptors (Lipinski definition) is 3. The molecule has 0 aromatic carbocycles. The molecule has 0 saturated heterocycles. The molecule has 0 fully saturated rings. The van der Waals surface area contributed by atoms with Crippen molar-refractivity contribution < 1.29 is 18.0 Å². The SMILES string of the molecule is CCC(C)n1cc(C(=O)C(F)(F)F)nn1. The van der Waals surface area contributed by atoms with E-state index in [-0.39, 0.29) is 6.04 Å². The molecular formula is C8H10F3N3O. The van der Waals surface area contributed by atoms with Gasteiger partial charge in [-0.3, -0.25) is 4.79 Å². The van der Waals surface area contributed by atoms with Crippen molar-refractivity contribution in [2.24, 2.45) is 0 Å². The predicted molar refractivity (Wildman–Crippen MR) is 45.4 cm³/mol. The van der Waals surface area contributed by atoms with Crippen LogP contribution in [0.4, 0.5) is 13.2 Å². The minimum atomic E-state index is -4.89. The van der Waals surface area contributed by atoms with Crippen molar-refractivity contribution in [1.29, 1.82) is 0 Å². The molecule has 7 heteroatoms. The first-order chi connectivity index (χ1) is 6.86. The number of carbonyl (C=O) groups is 1. The van der Waals surface area contributed by atoms with Gasteiger partial charge in [-0.1, -0.05) is 12.1 Å². The lowest BCUT2D eigenvalue weighted by Crippen LogP contribution is -2.23. The molecular weight excluding hydrogens is 211 g/mol. The van der Waals surface area contributed by atoms with Crippen LogP contribution in [0.15, 0.2) is 6.20 Å². The molecule has 0 N–H and O–H groups in total. The van der Waals surface area contributed by atoms with Gasteiger partial charge in [0, 0.05) is 0 Å². The van der Waals surface area contributed by atoms with Gasteiger partial charge in [-0.2, -0.15) is 13.2 Å². The number of carbonyl (C=O) groups excluding carboxylic acids is 1. The number of aromatic nitrogens is 3. The molecule has 0 aliphatic carbocycles. The minimum absolute atomic E-state index is 0.0766. The second kappa shape index (κ2) is 4.00.